The van der Waals surface area contributed by atoms with E-state index >= 15 is 0 Å². The summed E-state index contributed by atoms with van der Waals surface area (Å²) in [7, 11) is 1.69. The van der Waals surface area contributed by atoms with Gasteiger partial charge in [-0.2, -0.15) is 5.43 Å². The maximum absolute atomic E-state index is 13.5. The fraction of sp³-hybridized carbons (Fsp3) is 0.625. The van der Waals surface area contributed by atoms with Gasteiger partial charge in [0.1, 0.15) is 0 Å². The first kappa shape index (κ1) is 21.2. The third-order valence-electron chi connectivity index (χ3n) is 7.67. The number of carbonyl (C=O) groups is 3. The van der Waals surface area contributed by atoms with Crippen LogP contribution in [0.1, 0.15) is 56.9 Å². The van der Waals surface area contributed by atoms with Crippen molar-refractivity contribution < 1.29 is 14.4 Å². The molecule has 4 amide bonds. The van der Waals surface area contributed by atoms with Gasteiger partial charge in [0.05, 0.1) is 5.92 Å². The van der Waals surface area contributed by atoms with Crippen molar-refractivity contribution in [3.05, 3.63) is 35.9 Å². The van der Waals surface area contributed by atoms with E-state index in [4.69, 9.17) is 0 Å². The Morgan fingerprint density at radius 3 is 2.56 bits per heavy atom. The van der Waals surface area contributed by atoms with Gasteiger partial charge in [-0.1, -0.05) is 49.6 Å². The zero-order chi connectivity index (χ0) is 22.2. The number of benzene rings is 1. The van der Waals surface area contributed by atoms with Crippen LogP contribution < -0.4 is 10.7 Å². The molecule has 4 unspecified atom stereocenters. The smallest absolute Gasteiger partial charge is 0.337 e. The molecular weight excluding hydrogens is 406 g/mol. The molecule has 2 aliphatic carbocycles. The summed E-state index contributed by atoms with van der Waals surface area (Å²) in [5, 5.41) is 4.71. The standard InChI is InChI=1S/C24H33N5O3/c1-27-24(32)29-20-14-17(21(30)25-18-10-6-3-7-11-18)12-13-19(20)22(31)28(23(29)26-27)15-16-8-4-2-5-9-16/h2,4-5,8-9,17-20,23,26H,3,6-7,10-15H2,1H3,(H,25,30). The number of amides is 4. The molecule has 2 aliphatic heterocycles. The van der Waals surface area contributed by atoms with Crippen LogP contribution in [0, 0.1) is 11.8 Å². The van der Waals surface area contributed by atoms with Crippen molar-refractivity contribution in [1.29, 1.82) is 0 Å². The van der Waals surface area contributed by atoms with Crippen molar-refractivity contribution in [2.24, 2.45) is 11.8 Å². The molecule has 172 valence electrons. The summed E-state index contributed by atoms with van der Waals surface area (Å²) in [5.41, 5.74) is 4.19. The lowest BCUT2D eigenvalue weighted by Crippen LogP contribution is -2.66. The molecule has 5 rings (SSSR count). The minimum Gasteiger partial charge on any atom is -0.353 e. The minimum absolute atomic E-state index is 0.0711. The molecule has 1 aromatic carbocycles. The van der Waals surface area contributed by atoms with Gasteiger partial charge in [0.15, 0.2) is 6.29 Å². The second-order valence-electron chi connectivity index (χ2n) is 9.73. The predicted molar refractivity (Wildman–Crippen MR) is 119 cm³/mol. The van der Waals surface area contributed by atoms with Gasteiger partial charge in [0.2, 0.25) is 11.8 Å². The topological polar surface area (TPSA) is 85.0 Å². The van der Waals surface area contributed by atoms with E-state index in [1.54, 1.807) is 16.8 Å². The van der Waals surface area contributed by atoms with Gasteiger partial charge in [-0.3, -0.25) is 19.5 Å². The van der Waals surface area contributed by atoms with Crippen LogP contribution in [0.3, 0.4) is 0 Å². The molecular formula is C24H33N5O3. The van der Waals surface area contributed by atoms with Crippen LogP contribution in [0.5, 0.6) is 0 Å². The lowest BCUT2D eigenvalue weighted by molar-refractivity contribution is -0.159. The van der Waals surface area contributed by atoms with Gasteiger partial charge in [-0.15, -0.1) is 0 Å². The Hall–Kier alpha value is -2.61. The van der Waals surface area contributed by atoms with Crippen molar-refractivity contribution in [3.63, 3.8) is 0 Å². The van der Waals surface area contributed by atoms with E-state index in [1.165, 1.54) is 24.3 Å². The van der Waals surface area contributed by atoms with Crippen LogP contribution in [0.25, 0.3) is 0 Å². The summed E-state index contributed by atoms with van der Waals surface area (Å²) in [6.45, 7) is 0.448. The molecule has 4 fully saturated rings. The number of urea groups is 1. The summed E-state index contributed by atoms with van der Waals surface area (Å²) in [5.74, 6) is -0.238. The average Bonchev–Trinajstić information content (AvgIpc) is 3.12. The Kier molecular flexibility index (Phi) is 5.80. The number of fused-ring (bicyclic) bond motifs is 3. The fourth-order valence-corrected chi connectivity index (χ4v) is 5.94. The highest BCUT2D eigenvalue weighted by atomic mass is 16.2. The lowest BCUT2D eigenvalue weighted by atomic mass is 9.75. The summed E-state index contributed by atoms with van der Waals surface area (Å²) >= 11 is 0. The largest absolute Gasteiger partial charge is 0.353 e. The molecule has 0 bridgehead atoms. The summed E-state index contributed by atoms with van der Waals surface area (Å²) in [6.07, 6.45) is 7.08. The van der Waals surface area contributed by atoms with Gasteiger partial charge in [0.25, 0.3) is 0 Å². The van der Waals surface area contributed by atoms with Gasteiger partial charge >= 0.3 is 6.03 Å². The van der Waals surface area contributed by atoms with Crippen LogP contribution in [0.15, 0.2) is 30.3 Å². The van der Waals surface area contributed by atoms with Crippen molar-refractivity contribution in [2.45, 2.75) is 76.3 Å². The third-order valence-corrected chi connectivity index (χ3v) is 7.67. The highest BCUT2D eigenvalue weighted by Crippen LogP contribution is 2.40. The summed E-state index contributed by atoms with van der Waals surface area (Å²) in [6, 6.07) is 9.75. The van der Waals surface area contributed by atoms with E-state index in [0.29, 0.717) is 25.8 Å². The molecule has 2 saturated heterocycles. The van der Waals surface area contributed by atoms with Crippen LogP contribution in [0.4, 0.5) is 4.79 Å². The summed E-state index contributed by atoms with van der Waals surface area (Å²) < 4.78 is 0. The van der Waals surface area contributed by atoms with Gasteiger partial charge in [0, 0.05) is 31.6 Å². The molecule has 32 heavy (non-hydrogen) atoms. The monoisotopic (exact) mass is 439 g/mol. The number of nitrogens with one attached hydrogen (secondary N) is 2. The zero-order valence-corrected chi connectivity index (χ0v) is 18.7. The van der Waals surface area contributed by atoms with Gasteiger partial charge in [-0.25, -0.2) is 4.79 Å². The van der Waals surface area contributed by atoms with Crippen LogP contribution in [0.2, 0.25) is 0 Å². The van der Waals surface area contributed by atoms with Crippen LogP contribution in [-0.4, -0.2) is 58.1 Å². The molecule has 2 heterocycles. The lowest BCUT2D eigenvalue weighted by Gasteiger charge is -2.50. The van der Waals surface area contributed by atoms with Crippen molar-refractivity contribution in [1.82, 2.24) is 25.6 Å². The van der Waals surface area contributed by atoms with Gasteiger partial charge < -0.3 is 10.2 Å². The van der Waals surface area contributed by atoms with Crippen LogP contribution >= 0.6 is 0 Å². The number of nitrogens with zero attached hydrogens (tertiary/aromatic N) is 3. The first-order valence-electron chi connectivity index (χ1n) is 12.0. The fourth-order valence-electron chi connectivity index (χ4n) is 5.94. The highest BCUT2D eigenvalue weighted by molar-refractivity contribution is 5.86. The normalized spacial score (nSPS) is 30.8. The Morgan fingerprint density at radius 2 is 1.81 bits per heavy atom. The SMILES string of the molecule is CN1NC2N(Cc3ccccc3)C(=O)C3CCC(C(=O)NC4CCCCC4)CC3N2C1=O. The number of hydrazine groups is 1. The summed E-state index contributed by atoms with van der Waals surface area (Å²) in [4.78, 5) is 43.2. The Labute approximate surface area is 189 Å². The zero-order valence-electron chi connectivity index (χ0n) is 18.7. The first-order chi connectivity index (χ1) is 15.5. The predicted octanol–water partition coefficient (Wildman–Crippen LogP) is 2.42. The molecule has 4 atom stereocenters. The van der Waals surface area contributed by atoms with E-state index in [9.17, 15) is 14.4 Å². The maximum atomic E-state index is 13.5. The average molecular weight is 440 g/mol. The second-order valence-corrected chi connectivity index (χ2v) is 9.73. The molecule has 0 aromatic heterocycles. The van der Waals surface area contributed by atoms with Crippen LogP contribution in [-0.2, 0) is 16.1 Å². The third kappa shape index (κ3) is 3.85. The molecule has 2 N–H and O–H groups in total. The van der Waals surface area contributed by atoms with Crippen molar-refractivity contribution in [2.75, 3.05) is 7.05 Å². The number of rotatable bonds is 4. The van der Waals surface area contributed by atoms with Gasteiger partial charge in [-0.05, 0) is 37.7 Å². The Morgan fingerprint density at radius 1 is 1.06 bits per heavy atom. The quantitative estimate of drug-likeness (QED) is 0.755. The van der Waals surface area contributed by atoms with E-state index in [0.717, 1.165) is 18.4 Å². The molecule has 4 aliphatic rings. The second kappa shape index (κ2) is 8.73. The molecule has 8 heteroatoms. The minimum atomic E-state index is -0.512. The Balaban J connectivity index is 1.34. The Bertz CT molecular complexity index is 872. The number of carbonyl (C=O) groups excluding carboxylic acids is 3. The maximum Gasteiger partial charge on any atom is 0.337 e. The van der Waals surface area contributed by atoms with E-state index in [2.05, 4.69) is 10.7 Å². The molecule has 0 radical (unpaired) electrons. The highest BCUT2D eigenvalue weighted by Gasteiger charge is 2.55. The van der Waals surface area contributed by atoms with E-state index in [1.807, 2.05) is 30.3 Å². The van der Waals surface area contributed by atoms with E-state index in [-0.39, 0.29) is 41.8 Å². The van der Waals surface area contributed by atoms with Crippen molar-refractivity contribution in [3.8, 4) is 0 Å². The number of hydrogen-bond acceptors (Lipinski definition) is 4. The number of hydrogen-bond donors (Lipinski definition) is 2. The van der Waals surface area contributed by atoms with Crippen molar-refractivity contribution >= 4 is 17.8 Å². The molecule has 8 nitrogen and oxygen atoms in total. The molecule has 0 spiro atoms. The first-order valence-corrected chi connectivity index (χ1v) is 12.0. The molecule has 2 saturated carbocycles. The van der Waals surface area contributed by atoms with E-state index < -0.39 is 6.29 Å². The molecule has 1 aromatic rings.